The largest absolute Gasteiger partial charge is 0.330 e. The van der Waals surface area contributed by atoms with Gasteiger partial charge in [0, 0.05) is 16.1 Å². The van der Waals surface area contributed by atoms with Crippen molar-refractivity contribution >= 4 is 38.9 Å². The van der Waals surface area contributed by atoms with E-state index in [1.165, 1.54) is 36.4 Å². The average Bonchev–Trinajstić information content (AvgIpc) is 2.56. The highest BCUT2D eigenvalue weighted by molar-refractivity contribution is 7.92. The van der Waals surface area contributed by atoms with Gasteiger partial charge >= 0.3 is 0 Å². The third-order valence-corrected chi connectivity index (χ3v) is 6.17. The van der Waals surface area contributed by atoms with Crippen LogP contribution in [0.15, 0.2) is 47.4 Å². The van der Waals surface area contributed by atoms with Gasteiger partial charge in [-0.15, -0.1) is 0 Å². The molecular formula is C17H19Cl2FN2O2S. The maximum atomic E-state index is 14.4. The topological polar surface area (TPSA) is 63.4 Å². The molecule has 0 aliphatic rings. The van der Waals surface area contributed by atoms with Crippen LogP contribution in [0, 0.1) is 5.82 Å². The molecular weight excluding hydrogens is 386 g/mol. The van der Waals surface area contributed by atoms with Gasteiger partial charge in [0.15, 0.2) is 0 Å². The molecule has 1 atom stereocenters. The van der Waals surface area contributed by atoms with Gasteiger partial charge in [-0.2, -0.15) is 0 Å². The monoisotopic (exact) mass is 404 g/mol. The van der Waals surface area contributed by atoms with Crippen molar-refractivity contribution < 1.29 is 12.8 Å². The van der Waals surface area contributed by atoms with Crippen LogP contribution in [0.2, 0.25) is 10.0 Å². The number of nitrogens with zero attached hydrogens (tertiary/aromatic N) is 1. The normalized spacial score (nSPS) is 12.8. The van der Waals surface area contributed by atoms with Crippen molar-refractivity contribution in [3.05, 3.63) is 58.3 Å². The van der Waals surface area contributed by atoms with Gasteiger partial charge in [-0.25, -0.2) is 12.8 Å². The Morgan fingerprint density at radius 3 is 2.32 bits per heavy atom. The molecule has 0 bridgehead atoms. The third-order valence-electron chi connectivity index (χ3n) is 3.74. The minimum absolute atomic E-state index is 0.0240. The van der Waals surface area contributed by atoms with Crippen LogP contribution in [0.4, 0.5) is 10.1 Å². The molecule has 2 rings (SSSR count). The van der Waals surface area contributed by atoms with Gasteiger partial charge in [0.1, 0.15) is 5.82 Å². The molecule has 0 unspecified atom stereocenters. The Balaban J connectivity index is 2.57. The Kier molecular flexibility index (Phi) is 6.68. The standard InChI is InChI=1S/C17H19Cl2FN2O2S/c1-12(3-2-10-21)22(17-11-14(19)6-9-16(17)20)25(23,24)15-7-4-13(18)5-8-15/h4-9,11-12H,2-3,10,21H2,1H3/t12-/m1/s1. The Labute approximate surface area is 157 Å². The van der Waals surface area contributed by atoms with E-state index < -0.39 is 21.9 Å². The molecule has 0 saturated carbocycles. The van der Waals surface area contributed by atoms with E-state index in [2.05, 4.69) is 0 Å². The van der Waals surface area contributed by atoms with Crippen LogP contribution in [-0.4, -0.2) is 21.0 Å². The van der Waals surface area contributed by atoms with Crippen molar-refractivity contribution in [3.8, 4) is 0 Å². The van der Waals surface area contributed by atoms with Crippen LogP contribution in [0.3, 0.4) is 0 Å². The first-order valence-electron chi connectivity index (χ1n) is 7.72. The SMILES string of the molecule is C[C@H](CCCN)N(c1cc(Cl)ccc1F)S(=O)(=O)c1ccc(Cl)cc1. The predicted molar refractivity (Wildman–Crippen MR) is 100 cm³/mol. The summed E-state index contributed by atoms with van der Waals surface area (Å²) in [6.45, 7) is 2.13. The van der Waals surface area contributed by atoms with Crippen molar-refractivity contribution in [3.63, 3.8) is 0 Å². The van der Waals surface area contributed by atoms with Gasteiger partial charge in [-0.1, -0.05) is 23.2 Å². The molecule has 8 heteroatoms. The van der Waals surface area contributed by atoms with E-state index in [4.69, 9.17) is 28.9 Å². The van der Waals surface area contributed by atoms with E-state index >= 15 is 0 Å². The maximum absolute atomic E-state index is 14.4. The van der Waals surface area contributed by atoms with Crippen molar-refractivity contribution in [2.45, 2.75) is 30.7 Å². The van der Waals surface area contributed by atoms with E-state index in [-0.39, 0.29) is 15.6 Å². The smallest absolute Gasteiger partial charge is 0.264 e. The number of sulfonamides is 1. The van der Waals surface area contributed by atoms with Crippen molar-refractivity contribution in [1.29, 1.82) is 0 Å². The van der Waals surface area contributed by atoms with Crippen LogP contribution in [-0.2, 0) is 10.0 Å². The fraction of sp³-hybridized carbons (Fsp3) is 0.294. The van der Waals surface area contributed by atoms with E-state index in [0.29, 0.717) is 24.4 Å². The Morgan fingerprint density at radius 1 is 1.12 bits per heavy atom. The summed E-state index contributed by atoms with van der Waals surface area (Å²) in [5.74, 6) is -0.665. The molecule has 0 fully saturated rings. The first kappa shape index (κ1) is 20.0. The molecule has 2 aromatic carbocycles. The zero-order valence-corrected chi connectivity index (χ0v) is 16.0. The first-order valence-corrected chi connectivity index (χ1v) is 9.92. The summed E-state index contributed by atoms with van der Waals surface area (Å²) in [4.78, 5) is 0.0240. The zero-order valence-electron chi connectivity index (χ0n) is 13.6. The second kappa shape index (κ2) is 8.36. The van der Waals surface area contributed by atoms with Crippen LogP contribution < -0.4 is 10.0 Å². The highest BCUT2D eigenvalue weighted by Crippen LogP contribution is 2.32. The molecule has 0 aliphatic heterocycles. The van der Waals surface area contributed by atoms with E-state index in [0.717, 1.165) is 10.4 Å². The third kappa shape index (κ3) is 4.64. The maximum Gasteiger partial charge on any atom is 0.264 e. The van der Waals surface area contributed by atoms with Crippen LogP contribution in [0.5, 0.6) is 0 Å². The fourth-order valence-electron chi connectivity index (χ4n) is 2.51. The molecule has 25 heavy (non-hydrogen) atoms. The Hall–Kier alpha value is -1.34. The van der Waals surface area contributed by atoms with Crippen molar-refractivity contribution in [2.75, 3.05) is 10.8 Å². The first-order chi connectivity index (χ1) is 11.8. The number of hydrogen-bond acceptors (Lipinski definition) is 3. The molecule has 0 amide bonds. The molecule has 0 aliphatic carbocycles. The average molecular weight is 405 g/mol. The second-order valence-electron chi connectivity index (χ2n) is 5.63. The van der Waals surface area contributed by atoms with Crippen molar-refractivity contribution in [2.24, 2.45) is 5.73 Å². The number of nitrogens with two attached hydrogens (primary N) is 1. The Bertz CT molecular complexity index is 829. The lowest BCUT2D eigenvalue weighted by atomic mass is 10.1. The lowest BCUT2D eigenvalue weighted by Crippen LogP contribution is -2.39. The molecule has 136 valence electrons. The molecule has 0 saturated heterocycles. The summed E-state index contributed by atoms with van der Waals surface area (Å²) in [7, 11) is -4.00. The van der Waals surface area contributed by atoms with Crippen LogP contribution >= 0.6 is 23.2 Å². The Morgan fingerprint density at radius 2 is 1.72 bits per heavy atom. The lowest BCUT2D eigenvalue weighted by Gasteiger charge is -2.31. The quantitative estimate of drug-likeness (QED) is 0.740. The molecule has 2 aromatic rings. The van der Waals surface area contributed by atoms with E-state index in [1.807, 2.05) is 0 Å². The minimum Gasteiger partial charge on any atom is -0.330 e. The highest BCUT2D eigenvalue weighted by Gasteiger charge is 2.31. The lowest BCUT2D eigenvalue weighted by molar-refractivity contribution is 0.556. The molecule has 0 spiro atoms. The zero-order chi connectivity index (χ0) is 18.6. The van der Waals surface area contributed by atoms with Gasteiger partial charge in [-0.3, -0.25) is 4.31 Å². The van der Waals surface area contributed by atoms with Crippen molar-refractivity contribution in [1.82, 2.24) is 0 Å². The molecule has 0 radical (unpaired) electrons. The molecule has 2 N–H and O–H groups in total. The summed E-state index contributed by atoms with van der Waals surface area (Å²) in [5.41, 5.74) is 5.44. The fourth-order valence-corrected chi connectivity index (χ4v) is 4.49. The van der Waals surface area contributed by atoms with Gasteiger partial charge < -0.3 is 5.73 Å². The number of benzene rings is 2. The summed E-state index contributed by atoms with van der Waals surface area (Å²) in [5, 5.41) is 0.661. The summed E-state index contributed by atoms with van der Waals surface area (Å²) < 4.78 is 41.8. The molecule has 4 nitrogen and oxygen atoms in total. The van der Waals surface area contributed by atoms with E-state index in [1.54, 1.807) is 6.92 Å². The van der Waals surface area contributed by atoms with Crippen LogP contribution in [0.1, 0.15) is 19.8 Å². The number of anilines is 1. The second-order valence-corrected chi connectivity index (χ2v) is 8.32. The van der Waals surface area contributed by atoms with E-state index in [9.17, 15) is 12.8 Å². The van der Waals surface area contributed by atoms with Gasteiger partial charge in [0.25, 0.3) is 10.0 Å². The van der Waals surface area contributed by atoms with Gasteiger partial charge in [-0.05, 0) is 68.8 Å². The summed E-state index contributed by atoms with van der Waals surface area (Å²) in [6, 6.07) is 9.07. The highest BCUT2D eigenvalue weighted by atomic mass is 35.5. The summed E-state index contributed by atoms with van der Waals surface area (Å²) >= 11 is 11.8. The molecule has 0 aromatic heterocycles. The van der Waals surface area contributed by atoms with Gasteiger partial charge in [0.2, 0.25) is 0 Å². The molecule has 0 heterocycles. The minimum atomic E-state index is -4.00. The van der Waals surface area contributed by atoms with Crippen LogP contribution in [0.25, 0.3) is 0 Å². The van der Waals surface area contributed by atoms with Gasteiger partial charge in [0.05, 0.1) is 10.6 Å². The number of hydrogen-bond donors (Lipinski definition) is 1. The number of rotatable bonds is 7. The summed E-state index contributed by atoms with van der Waals surface area (Å²) in [6.07, 6.45) is 1.09. The number of halogens is 3. The predicted octanol–water partition coefficient (Wildman–Crippen LogP) is 4.46.